The van der Waals surface area contributed by atoms with Crippen molar-refractivity contribution < 1.29 is 19.1 Å². The monoisotopic (exact) mass is 441 g/mol. The lowest BCUT2D eigenvalue weighted by Crippen LogP contribution is -2.38. The van der Waals surface area contributed by atoms with Crippen LogP contribution in [0.1, 0.15) is 35.2 Å². The molecule has 0 bridgehead atoms. The van der Waals surface area contributed by atoms with E-state index in [9.17, 15) is 9.59 Å². The number of ether oxygens (including phenoxy) is 2. The van der Waals surface area contributed by atoms with Gasteiger partial charge < -0.3 is 20.1 Å². The second-order valence-corrected chi connectivity index (χ2v) is 8.14. The number of esters is 1. The number of benzene rings is 2. The molecule has 0 aliphatic carbocycles. The van der Waals surface area contributed by atoms with Gasteiger partial charge in [-0.15, -0.1) is 0 Å². The highest BCUT2D eigenvalue weighted by atomic mass is 32.1. The third-order valence-corrected chi connectivity index (χ3v) is 5.82. The lowest BCUT2D eigenvalue weighted by Gasteiger charge is -2.27. The fourth-order valence-corrected chi connectivity index (χ4v) is 4.53. The van der Waals surface area contributed by atoms with Crippen molar-refractivity contribution in [1.82, 2.24) is 9.88 Å². The van der Waals surface area contributed by atoms with Crippen LogP contribution >= 0.6 is 23.6 Å². The van der Waals surface area contributed by atoms with Gasteiger partial charge in [0.1, 0.15) is 16.9 Å². The Hall–Kier alpha value is -3.17. The Balaban J connectivity index is 1.73. The zero-order valence-corrected chi connectivity index (χ0v) is 17.9. The van der Waals surface area contributed by atoms with Gasteiger partial charge in [-0.2, -0.15) is 0 Å². The summed E-state index contributed by atoms with van der Waals surface area (Å²) in [5, 5.41) is 6.32. The molecule has 0 saturated heterocycles. The average molecular weight is 442 g/mol. The zero-order chi connectivity index (χ0) is 21.3. The van der Waals surface area contributed by atoms with Crippen LogP contribution in [-0.2, 0) is 4.79 Å². The van der Waals surface area contributed by atoms with E-state index in [0.717, 1.165) is 11.3 Å². The highest BCUT2D eigenvalue weighted by Crippen LogP contribution is 2.36. The lowest BCUT2D eigenvalue weighted by molar-refractivity contribution is -0.132. The molecular weight excluding hydrogens is 422 g/mol. The van der Waals surface area contributed by atoms with Crippen LogP contribution in [0.3, 0.4) is 0 Å². The van der Waals surface area contributed by atoms with Gasteiger partial charge in [-0.3, -0.25) is 14.2 Å². The van der Waals surface area contributed by atoms with Crippen LogP contribution < -0.4 is 20.1 Å². The molecule has 0 fully saturated rings. The summed E-state index contributed by atoms with van der Waals surface area (Å²) >= 11 is 6.78. The number of amides is 1. The first-order valence-corrected chi connectivity index (χ1v) is 10.5. The van der Waals surface area contributed by atoms with E-state index in [0.29, 0.717) is 32.8 Å². The van der Waals surface area contributed by atoms with E-state index in [1.54, 1.807) is 18.2 Å². The van der Waals surface area contributed by atoms with Crippen molar-refractivity contribution in [2.45, 2.75) is 20.0 Å². The van der Waals surface area contributed by atoms with Crippen LogP contribution in [0.5, 0.6) is 11.5 Å². The van der Waals surface area contributed by atoms with Gasteiger partial charge in [-0.25, -0.2) is 0 Å². The standard InChI is InChI=1S/C21H19N3O4S2/c1-3-27-16-11-13(9-10-15(16)28-12(2)25)18-22-19-17(20(26)23-18)30-21(29)24(19)14-7-5-4-6-8-14/h4-11,18,22H,3H2,1-2H3,(H,23,26)/t18-/m1/s1. The number of carbonyl (C=O) groups excluding carboxylic acids is 2. The molecule has 3 aromatic rings. The summed E-state index contributed by atoms with van der Waals surface area (Å²) < 4.78 is 13.3. The number of carbonyl (C=O) groups is 2. The van der Waals surface area contributed by atoms with Crippen molar-refractivity contribution >= 4 is 41.2 Å². The number of hydrogen-bond donors (Lipinski definition) is 2. The highest BCUT2D eigenvalue weighted by molar-refractivity contribution is 7.73. The number of rotatable bonds is 5. The molecule has 0 spiro atoms. The summed E-state index contributed by atoms with van der Waals surface area (Å²) in [6.07, 6.45) is -0.505. The molecule has 1 aliphatic heterocycles. The minimum absolute atomic E-state index is 0.207. The van der Waals surface area contributed by atoms with Crippen LogP contribution in [0.25, 0.3) is 5.69 Å². The average Bonchev–Trinajstić information content (AvgIpc) is 3.06. The van der Waals surface area contributed by atoms with Crippen LogP contribution in [0.15, 0.2) is 48.5 Å². The maximum atomic E-state index is 12.8. The first-order chi connectivity index (χ1) is 14.5. The molecule has 0 radical (unpaired) electrons. The minimum atomic E-state index is -0.505. The van der Waals surface area contributed by atoms with Gasteiger partial charge >= 0.3 is 5.97 Å². The third-order valence-electron chi connectivity index (χ3n) is 4.44. The summed E-state index contributed by atoms with van der Waals surface area (Å²) in [4.78, 5) is 24.7. The summed E-state index contributed by atoms with van der Waals surface area (Å²) in [5.41, 5.74) is 1.63. The van der Waals surface area contributed by atoms with Gasteiger partial charge in [0, 0.05) is 12.6 Å². The number of hydrogen-bond acceptors (Lipinski definition) is 7. The molecule has 154 valence electrons. The Kier molecular flexibility index (Phi) is 5.56. The summed E-state index contributed by atoms with van der Waals surface area (Å²) in [7, 11) is 0. The first-order valence-electron chi connectivity index (χ1n) is 9.31. The van der Waals surface area contributed by atoms with E-state index in [-0.39, 0.29) is 5.91 Å². The van der Waals surface area contributed by atoms with Crippen molar-refractivity contribution in [3.63, 3.8) is 0 Å². The fourth-order valence-electron chi connectivity index (χ4n) is 3.22. The predicted octanol–water partition coefficient (Wildman–Crippen LogP) is 4.45. The SMILES string of the molecule is CCOc1cc([C@H]2NC(=O)c3sc(=S)n(-c4ccccc4)c3N2)ccc1OC(C)=O. The molecular formula is C21H19N3O4S2. The quantitative estimate of drug-likeness (QED) is 0.346. The Labute approximate surface area is 182 Å². The fraction of sp³-hybridized carbons (Fsp3) is 0.190. The molecule has 1 amide bonds. The van der Waals surface area contributed by atoms with Gasteiger partial charge in [0.25, 0.3) is 5.91 Å². The van der Waals surface area contributed by atoms with Crippen LogP contribution in [-0.4, -0.2) is 23.1 Å². The molecule has 2 heterocycles. The Morgan fingerprint density at radius 3 is 2.63 bits per heavy atom. The second-order valence-electron chi connectivity index (χ2n) is 6.50. The van der Waals surface area contributed by atoms with Crippen molar-refractivity contribution in [3.8, 4) is 17.2 Å². The van der Waals surface area contributed by atoms with E-state index < -0.39 is 12.1 Å². The third kappa shape index (κ3) is 3.81. The van der Waals surface area contributed by atoms with Gasteiger partial charge in [-0.05, 0) is 49.0 Å². The summed E-state index contributed by atoms with van der Waals surface area (Å²) in [6.45, 7) is 3.58. The number of nitrogens with one attached hydrogen (secondary N) is 2. The van der Waals surface area contributed by atoms with E-state index >= 15 is 0 Å². The van der Waals surface area contributed by atoms with E-state index in [2.05, 4.69) is 10.6 Å². The normalized spacial score (nSPS) is 15.0. The van der Waals surface area contributed by atoms with Crippen molar-refractivity contribution in [2.24, 2.45) is 0 Å². The number of fused-ring (bicyclic) bond motifs is 1. The van der Waals surface area contributed by atoms with Crippen molar-refractivity contribution in [2.75, 3.05) is 11.9 Å². The van der Waals surface area contributed by atoms with Gasteiger partial charge in [0.15, 0.2) is 15.5 Å². The topological polar surface area (TPSA) is 81.6 Å². The largest absolute Gasteiger partial charge is 0.490 e. The number of para-hydroxylation sites is 1. The van der Waals surface area contributed by atoms with Crippen molar-refractivity contribution in [3.05, 3.63) is 62.9 Å². The summed E-state index contributed by atoms with van der Waals surface area (Å²) in [6, 6.07) is 14.8. The van der Waals surface area contributed by atoms with E-state index in [1.807, 2.05) is 41.8 Å². The molecule has 2 N–H and O–H groups in total. The number of anilines is 1. The molecule has 1 atom stereocenters. The Morgan fingerprint density at radius 1 is 1.17 bits per heavy atom. The van der Waals surface area contributed by atoms with Crippen LogP contribution in [0.2, 0.25) is 0 Å². The zero-order valence-electron chi connectivity index (χ0n) is 16.3. The first kappa shape index (κ1) is 20.1. The molecule has 2 aromatic carbocycles. The molecule has 0 unspecified atom stereocenters. The van der Waals surface area contributed by atoms with Gasteiger partial charge in [0.2, 0.25) is 0 Å². The van der Waals surface area contributed by atoms with Gasteiger partial charge in [-0.1, -0.05) is 35.6 Å². The molecule has 0 saturated carbocycles. The number of thiazole rings is 1. The van der Waals surface area contributed by atoms with E-state index in [4.69, 9.17) is 21.7 Å². The Bertz CT molecular complexity index is 1170. The summed E-state index contributed by atoms with van der Waals surface area (Å²) in [5.74, 6) is 0.766. The second kappa shape index (κ2) is 8.29. The predicted molar refractivity (Wildman–Crippen MR) is 117 cm³/mol. The number of nitrogens with zero attached hydrogens (tertiary/aromatic N) is 1. The maximum Gasteiger partial charge on any atom is 0.308 e. The van der Waals surface area contributed by atoms with Gasteiger partial charge in [0.05, 0.1) is 6.61 Å². The van der Waals surface area contributed by atoms with Crippen molar-refractivity contribution in [1.29, 1.82) is 0 Å². The van der Waals surface area contributed by atoms with Crippen LogP contribution in [0, 0.1) is 3.95 Å². The number of aromatic nitrogens is 1. The van der Waals surface area contributed by atoms with E-state index in [1.165, 1.54) is 18.3 Å². The maximum absolute atomic E-state index is 12.8. The molecule has 4 rings (SSSR count). The lowest BCUT2D eigenvalue weighted by atomic mass is 10.1. The Morgan fingerprint density at radius 2 is 1.93 bits per heavy atom. The highest BCUT2D eigenvalue weighted by Gasteiger charge is 2.30. The molecule has 9 heteroatoms. The van der Waals surface area contributed by atoms with Crippen LogP contribution in [0.4, 0.5) is 5.82 Å². The molecule has 7 nitrogen and oxygen atoms in total. The molecule has 1 aromatic heterocycles. The smallest absolute Gasteiger partial charge is 0.308 e. The molecule has 30 heavy (non-hydrogen) atoms. The molecule has 1 aliphatic rings. The minimum Gasteiger partial charge on any atom is -0.490 e.